The van der Waals surface area contributed by atoms with E-state index in [0.29, 0.717) is 18.2 Å². The first kappa shape index (κ1) is 19.4. The van der Waals surface area contributed by atoms with Gasteiger partial charge in [-0.1, -0.05) is 12.1 Å². The average molecular weight is 372 g/mol. The van der Waals surface area contributed by atoms with Crippen LogP contribution in [0.3, 0.4) is 0 Å². The first-order chi connectivity index (χ1) is 13.1. The minimum absolute atomic E-state index is 0.0700. The van der Waals surface area contributed by atoms with Crippen molar-refractivity contribution in [2.24, 2.45) is 0 Å². The number of hydrogen-bond acceptors (Lipinski definition) is 6. The summed E-state index contributed by atoms with van der Waals surface area (Å²) >= 11 is 0. The monoisotopic (exact) mass is 372 g/mol. The van der Waals surface area contributed by atoms with Crippen molar-refractivity contribution in [3.63, 3.8) is 0 Å². The van der Waals surface area contributed by atoms with Gasteiger partial charge < -0.3 is 14.1 Å². The van der Waals surface area contributed by atoms with Gasteiger partial charge >= 0.3 is 0 Å². The van der Waals surface area contributed by atoms with Gasteiger partial charge in [0.05, 0.1) is 13.2 Å². The van der Waals surface area contributed by atoms with Gasteiger partial charge in [0.1, 0.15) is 5.75 Å². The molecule has 3 rings (SSSR count). The molecular formula is C20H28N4O3. The molecular weight excluding hydrogens is 344 g/mol. The maximum atomic E-state index is 12.6. The van der Waals surface area contributed by atoms with Crippen molar-refractivity contribution in [1.29, 1.82) is 0 Å². The number of carbonyl (C=O) groups is 1. The van der Waals surface area contributed by atoms with E-state index < -0.39 is 0 Å². The number of ether oxygens (including phenoxy) is 1. The van der Waals surface area contributed by atoms with Crippen LogP contribution in [0.2, 0.25) is 0 Å². The minimum Gasteiger partial charge on any atom is -0.497 e. The molecule has 146 valence electrons. The first-order valence-electron chi connectivity index (χ1n) is 9.51. The lowest BCUT2D eigenvalue weighted by molar-refractivity contribution is -0.131. The molecule has 7 heteroatoms. The summed E-state index contributed by atoms with van der Waals surface area (Å²) in [6, 6.07) is 7.98. The zero-order valence-corrected chi connectivity index (χ0v) is 16.4. The molecule has 0 spiro atoms. The van der Waals surface area contributed by atoms with E-state index in [4.69, 9.17) is 9.15 Å². The molecule has 0 bridgehead atoms. The van der Waals surface area contributed by atoms with Crippen LogP contribution in [0.25, 0.3) is 0 Å². The van der Waals surface area contributed by atoms with Crippen LogP contribution in [-0.2, 0) is 11.2 Å². The van der Waals surface area contributed by atoms with Crippen molar-refractivity contribution >= 4 is 5.91 Å². The summed E-state index contributed by atoms with van der Waals surface area (Å²) in [6.45, 7) is 7.15. The van der Waals surface area contributed by atoms with Crippen LogP contribution in [0.5, 0.6) is 5.75 Å². The fourth-order valence-electron chi connectivity index (χ4n) is 3.41. The second kappa shape index (κ2) is 8.99. The maximum absolute atomic E-state index is 12.6. The van der Waals surface area contributed by atoms with Crippen molar-refractivity contribution in [3.05, 3.63) is 41.6 Å². The molecule has 1 aliphatic heterocycles. The topological polar surface area (TPSA) is 71.7 Å². The smallest absolute Gasteiger partial charge is 0.233 e. The lowest BCUT2D eigenvalue weighted by Crippen LogP contribution is -2.36. The second-order valence-electron chi connectivity index (χ2n) is 6.95. The average Bonchev–Trinajstić information content (AvgIpc) is 2.98. The number of carbonyl (C=O) groups excluding carboxylic acids is 1. The fourth-order valence-corrected chi connectivity index (χ4v) is 3.41. The largest absolute Gasteiger partial charge is 0.497 e. The van der Waals surface area contributed by atoms with E-state index in [2.05, 4.69) is 22.0 Å². The highest BCUT2D eigenvalue weighted by Crippen LogP contribution is 2.21. The van der Waals surface area contributed by atoms with Crippen LogP contribution in [0.15, 0.2) is 28.7 Å². The van der Waals surface area contributed by atoms with Crippen LogP contribution in [0.1, 0.15) is 43.2 Å². The van der Waals surface area contributed by atoms with Gasteiger partial charge in [-0.3, -0.25) is 9.69 Å². The quantitative estimate of drug-likeness (QED) is 0.776. The Hall–Kier alpha value is -2.41. The van der Waals surface area contributed by atoms with Crippen LogP contribution >= 0.6 is 0 Å². The molecule has 1 aliphatic rings. The molecule has 2 heterocycles. The Morgan fingerprint density at radius 1 is 1.19 bits per heavy atom. The van der Waals surface area contributed by atoms with Crippen molar-refractivity contribution in [2.75, 3.05) is 33.3 Å². The van der Waals surface area contributed by atoms with Gasteiger partial charge in [0, 0.05) is 39.5 Å². The summed E-state index contributed by atoms with van der Waals surface area (Å²) < 4.78 is 10.7. The van der Waals surface area contributed by atoms with Gasteiger partial charge in [-0.15, -0.1) is 10.2 Å². The lowest BCUT2D eigenvalue weighted by Gasteiger charge is -2.25. The number of aryl methyl sites for hydroxylation is 2. The van der Waals surface area contributed by atoms with Crippen molar-refractivity contribution in [3.8, 4) is 5.75 Å². The Balaban J connectivity index is 1.50. The number of methoxy groups -OCH3 is 1. The molecule has 0 saturated carbocycles. The molecule has 1 saturated heterocycles. The van der Waals surface area contributed by atoms with Crippen LogP contribution in [0.4, 0.5) is 0 Å². The number of rotatable bonds is 6. The minimum atomic E-state index is 0.0700. The second-order valence-corrected chi connectivity index (χ2v) is 6.95. The van der Waals surface area contributed by atoms with Gasteiger partial charge in [0.2, 0.25) is 17.7 Å². The number of amides is 1. The van der Waals surface area contributed by atoms with Gasteiger partial charge in [-0.25, -0.2) is 0 Å². The van der Waals surface area contributed by atoms with Crippen LogP contribution in [-0.4, -0.2) is 59.2 Å². The molecule has 0 radical (unpaired) electrons. The highest BCUT2D eigenvalue weighted by molar-refractivity contribution is 5.76. The van der Waals surface area contributed by atoms with Crippen LogP contribution < -0.4 is 4.74 Å². The maximum Gasteiger partial charge on any atom is 0.233 e. The normalized spacial score (nSPS) is 16.8. The number of hydrogen-bond donors (Lipinski definition) is 0. The van der Waals surface area contributed by atoms with E-state index in [1.54, 1.807) is 14.0 Å². The highest BCUT2D eigenvalue weighted by atomic mass is 16.5. The summed E-state index contributed by atoms with van der Waals surface area (Å²) in [5.41, 5.74) is 1.15. The lowest BCUT2D eigenvalue weighted by atomic mass is 10.1. The predicted octanol–water partition coefficient (Wildman–Crippen LogP) is 2.61. The first-order valence-corrected chi connectivity index (χ1v) is 9.51. The molecule has 2 aromatic rings. The Morgan fingerprint density at radius 3 is 2.63 bits per heavy atom. The molecule has 1 amide bonds. The molecule has 0 unspecified atom stereocenters. The van der Waals surface area contributed by atoms with Gasteiger partial charge in [0.25, 0.3) is 0 Å². The molecule has 0 aliphatic carbocycles. The van der Waals surface area contributed by atoms with Crippen molar-refractivity contribution < 1.29 is 13.9 Å². The molecule has 1 aromatic carbocycles. The van der Waals surface area contributed by atoms with Crippen molar-refractivity contribution in [1.82, 2.24) is 20.0 Å². The van der Waals surface area contributed by atoms with E-state index in [9.17, 15) is 4.79 Å². The molecule has 0 N–H and O–H groups in total. The van der Waals surface area contributed by atoms with Gasteiger partial charge in [-0.2, -0.15) is 0 Å². The molecule has 1 aromatic heterocycles. The Morgan fingerprint density at radius 2 is 1.96 bits per heavy atom. The molecule has 7 nitrogen and oxygen atoms in total. The summed E-state index contributed by atoms with van der Waals surface area (Å²) in [4.78, 5) is 16.9. The third-order valence-corrected chi connectivity index (χ3v) is 5.12. The summed E-state index contributed by atoms with van der Waals surface area (Å²) in [5.74, 6) is 2.28. The van der Waals surface area contributed by atoms with E-state index in [1.807, 2.05) is 29.2 Å². The van der Waals surface area contributed by atoms with E-state index in [0.717, 1.165) is 50.3 Å². The number of aromatic nitrogens is 2. The third kappa shape index (κ3) is 5.07. The Labute approximate surface area is 160 Å². The third-order valence-electron chi connectivity index (χ3n) is 5.12. The molecule has 1 atom stereocenters. The SMILES string of the molecule is COc1ccc(CCC(=O)N2CCCN([C@H](C)c3nnc(C)o3)CC2)cc1. The molecule has 27 heavy (non-hydrogen) atoms. The van der Waals surface area contributed by atoms with Gasteiger partial charge in [0.15, 0.2) is 0 Å². The standard InChI is InChI=1S/C20H28N4O3/c1-15(20-22-21-16(2)27-20)23-11-4-12-24(14-13-23)19(25)10-7-17-5-8-18(26-3)9-6-17/h5-6,8-9,15H,4,7,10-14H2,1-3H3/t15-/m1/s1. The van der Waals surface area contributed by atoms with Crippen LogP contribution in [0, 0.1) is 6.92 Å². The summed E-state index contributed by atoms with van der Waals surface area (Å²) in [6.07, 6.45) is 2.23. The van der Waals surface area contributed by atoms with E-state index in [1.165, 1.54) is 0 Å². The Bertz CT molecular complexity index is 744. The van der Waals surface area contributed by atoms with Crippen molar-refractivity contribution in [2.45, 2.75) is 39.2 Å². The summed E-state index contributed by atoms with van der Waals surface area (Å²) in [7, 11) is 1.65. The molecule has 1 fully saturated rings. The van der Waals surface area contributed by atoms with Gasteiger partial charge in [-0.05, 0) is 37.5 Å². The van der Waals surface area contributed by atoms with E-state index in [-0.39, 0.29) is 11.9 Å². The highest BCUT2D eigenvalue weighted by Gasteiger charge is 2.25. The Kier molecular flexibility index (Phi) is 6.45. The fraction of sp³-hybridized carbons (Fsp3) is 0.550. The summed E-state index contributed by atoms with van der Waals surface area (Å²) in [5, 5.41) is 8.05. The zero-order valence-electron chi connectivity index (χ0n) is 16.4. The number of benzene rings is 1. The predicted molar refractivity (Wildman–Crippen MR) is 102 cm³/mol. The zero-order chi connectivity index (χ0) is 19.2. The number of nitrogens with zero attached hydrogens (tertiary/aromatic N) is 4. The van der Waals surface area contributed by atoms with E-state index >= 15 is 0 Å².